The van der Waals surface area contributed by atoms with Gasteiger partial charge < -0.3 is 4.74 Å². The first-order chi connectivity index (χ1) is 12.4. The van der Waals surface area contributed by atoms with Gasteiger partial charge in [-0.25, -0.2) is 0 Å². The molecule has 7 heteroatoms. The second-order valence-electron chi connectivity index (χ2n) is 6.25. The highest BCUT2D eigenvalue weighted by molar-refractivity contribution is 7.89. The number of sulfonamides is 1. The van der Waals surface area contributed by atoms with Crippen molar-refractivity contribution in [2.45, 2.75) is 24.7 Å². The summed E-state index contributed by atoms with van der Waals surface area (Å²) in [5.74, 6) is -0.703. The van der Waals surface area contributed by atoms with E-state index in [-0.39, 0.29) is 16.8 Å². The van der Waals surface area contributed by atoms with Crippen molar-refractivity contribution >= 4 is 21.7 Å². The fourth-order valence-electron chi connectivity index (χ4n) is 2.99. The third-order valence-electron chi connectivity index (χ3n) is 4.40. The summed E-state index contributed by atoms with van der Waals surface area (Å²) in [6, 6.07) is 14.0. The molecular weight excluding hydrogens is 352 g/mol. The highest BCUT2D eigenvalue weighted by Gasteiger charge is 2.29. The molecule has 0 saturated heterocycles. The summed E-state index contributed by atoms with van der Waals surface area (Å²) < 4.78 is 29.8. The van der Waals surface area contributed by atoms with Gasteiger partial charge in [0, 0.05) is 12.0 Å². The summed E-state index contributed by atoms with van der Waals surface area (Å²) in [5.41, 5.74) is 3.29. The quantitative estimate of drug-likeness (QED) is 0.660. The molecule has 2 aromatic carbocycles. The van der Waals surface area contributed by atoms with Gasteiger partial charge in [-0.2, -0.15) is 18.4 Å². The monoisotopic (exact) mass is 372 g/mol. The Kier molecular flexibility index (Phi) is 5.08. The largest absolute Gasteiger partial charge is 0.469 e. The number of methoxy groups -OCH3 is 1. The van der Waals surface area contributed by atoms with Gasteiger partial charge in [0.05, 0.1) is 23.6 Å². The second-order valence-corrected chi connectivity index (χ2v) is 7.91. The number of carbonyl (C=O) groups is 1. The van der Waals surface area contributed by atoms with Crippen LogP contribution < -0.4 is 4.83 Å². The molecule has 1 atom stereocenters. The van der Waals surface area contributed by atoms with Gasteiger partial charge in [-0.1, -0.05) is 42.0 Å². The van der Waals surface area contributed by atoms with Gasteiger partial charge in [0.2, 0.25) is 0 Å². The van der Waals surface area contributed by atoms with Gasteiger partial charge in [0.1, 0.15) is 0 Å². The molecule has 136 valence electrons. The van der Waals surface area contributed by atoms with E-state index >= 15 is 0 Å². The van der Waals surface area contributed by atoms with E-state index < -0.39 is 10.0 Å². The zero-order valence-electron chi connectivity index (χ0n) is 14.6. The van der Waals surface area contributed by atoms with Crippen LogP contribution in [0.5, 0.6) is 0 Å². The second kappa shape index (κ2) is 7.29. The Morgan fingerprint density at radius 3 is 2.50 bits per heavy atom. The van der Waals surface area contributed by atoms with Crippen LogP contribution in [0.25, 0.3) is 0 Å². The van der Waals surface area contributed by atoms with Crippen LogP contribution >= 0.6 is 0 Å². The number of fused-ring (bicyclic) bond motifs is 1. The van der Waals surface area contributed by atoms with Crippen LogP contribution in [0, 0.1) is 12.8 Å². The first-order valence-electron chi connectivity index (χ1n) is 8.22. The van der Waals surface area contributed by atoms with E-state index in [4.69, 9.17) is 4.74 Å². The number of hydrogen-bond donors (Lipinski definition) is 1. The minimum Gasteiger partial charge on any atom is -0.469 e. The van der Waals surface area contributed by atoms with Crippen LogP contribution in [-0.2, 0) is 26.0 Å². The summed E-state index contributed by atoms with van der Waals surface area (Å²) in [4.78, 5) is 14.4. The minimum atomic E-state index is -3.78. The van der Waals surface area contributed by atoms with Crippen LogP contribution in [0.15, 0.2) is 58.5 Å². The van der Waals surface area contributed by atoms with Crippen molar-refractivity contribution < 1.29 is 17.9 Å². The molecule has 0 aromatic heterocycles. The molecule has 0 unspecified atom stereocenters. The molecule has 0 fully saturated rings. The maximum Gasteiger partial charge on any atom is 0.309 e. The van der Waals surface area contributed by atoms with E-state index in [1.807, 2.05) is 31.2 Å². The number of nitrogens with zero attached hydrogens (tertiary/aromatic N) is 1. The number of hydrazone groups is 1. The highest BCUT2D eigenvalue weighted by Crippen LogP contribution is 2.27. The lowest BCUT2D eigenvalue weighted by Crippen LogP contribution is -2.30. The lowest BCUT2D eigenvalue weighted by atomic mass is 9.82. The topological polar surface area (TPSA) is 84.8 Å². The van der Waals surface area contributed by atoms with Gasteiger partial charge in [-0.05, 0) is 31.0 Å². The van der Waals surface area contributed by atoms with Crippen LogP contribution in [-0.4, -0.2) is 27.2 Å². The van der Waals surface area contributed by atoms with Crippen molar-refractivity contribution in [2.24, 2.45) is 11.0 Å². The smallest absolute Gasteiger partial charge is 0.309 e. The third-order valence-corrected chi connectivity index (χ3v) is 5.63. The Morgan fingerprint density at radius 1 is 1.12 bits per heavy atom. The number of esters is 1. The fourth-order valence-corrected chi connectivity index (χ4v) is 3.82. The van der Waals surface area contributed by atoms with E-state index in [9.17, 15) is 13.2 Å². The molecular formula is C19H20N2O4S. The lowest BCUT2D eigenvalue weighted by molar-refractivity contribution is -0.145. The van der Waals surface area contributed by atoms with Crippen molar-refractivity contribution in [3.05, 3.63) is 65.2 Å². The molecule has 0 bridgehead atoms. The van der Waals surface area contributed by atoms with Crippen molar-refractivity contribution in [1.82, 2.24) is 4.83 Å². The molecule has 2 aromatic rings. The zero-order valence-corrected chi connectivity index (χ0v) is 15.4. The average molecular weight is 372 g/mol. The predicted molar refractivity (Wildman–Crippen MR) is 98.3 cm³/mol. The SMILES string of the molecule is COC(=O)[C@@H]1C/C(=N/NS(=O)(=O)c2ccc(C)cc2)c2ccccc2C1. The molecule has 26 heavy (non-hydrogen) atoms. The third kappa shape index (κ3) is 3.77. The number of nitrogens with one attached hydrogen (secondary N) is 1. The minimum absolute atomic E-state index is 0.140. The Hall–Kier alpha value is -2.67. The Morgan fingerprint density at radius 2 is 1.81 bits per heavy atom. The zero-order chi connectivity index (χ0) is 18.7. The molecule has 0 amide bonds. The number of ether oxygens (including phenoxy) is 1. The van der Waals surface area contributed by atoms with E-state index in [0.717, 1.165) is 16.7 Å². The van der Waals surface area contributed by atoms with Gasteiger partial charge in [0.25, 0.3) is 10.0 Å². The van der Waals surface area contributed by atoms with Crippen LogP contribution in [0.1, 0.15) is 23.1 Å². The molecule has 0 saturated carbocycles. The molecule has 1 N–H and O–H groups in total. The van der Waals surface area contributed by atoms with Crippen molar-refractivity contribution in [3.63, 3.8) is 0 Å². The van der Waals surface area contributed by atoms with E-state index in [1.54, 1.807) is 12.1 Å². The molecule has 0 heterocycles. The maximum absolute atomic E-state index is 12.5. The standard InChI is InChI=1S/C19H20N2O4S/c1-13-7-9-16(10-8-13)26(23,24)21-20-18-12-15(19(22)25-2)11-14-5-3-4-6-17(14)18/h3-10,15,21H,11-12H2,1-2H3/b20-18-/t15-/m0/s1. The van der Waals surface area contributed by atoms with Crippen LogP contribution in [0.4, 0.5) is 0 Å². The van der Waals surface area contributed by atoms with Gasteiger partial charge in [0.15, 0.2) is 0 Å². The summed E-state index contributed by atoms with van der Waals surface area (Å²) in [6.07, 6.45) is 0.868. The maximum atomic E-state index is 12.5. The first-order valence-corrected chi connectivity index (χ1v) is 9.70. The number of aryl methyl sites for hydroxylation is 1. The number of hydrogen-bond acceptors (Lipinski definition) is 5. The van der Waals surface area contributed by atoms with Crippen LogP contribution in [0.2, 0.25) is 0 Å². The van der Waals surface area contributed by atoms with Crippen LogP contribution in [0.3, 0.4) is 0 Å². The normalized spacial score (nSPS) is 18.2. The van der Waals surface area contributed by atoms with Crippen molar-refractivity contribution in [2.75, 3.05) is 7.11 Å². The van der Waals surface area contributed by atoms with Gasteiger partial charge in [-0.15, -0.1) is 0 Å². The molecule has 1 aliphatic rings. The van der Waals surface area contributed by atoms with E-state index in [0.29, 0.717) is 18.6 Å². The number of carbonyl (C=O) groups excluding carboxylic acids is 1. The Labute approximate surface area is 152 Å². The Bertz CT molecular complexity index is 950. The van der Waals surface area contributed by atoms with Crippen molar-refractivity contribution in [1.29, 1.82) is 0 Å². The molecule has 6 nitrogen and oxygen atoms in total. The first kappa shape index (κ1) is 18.1. The molecule has 1 aliphatic carbocycles. The van der Waals surface area contributed by atoms with Gasteiger partial charge >= 0.3 is 5.97 Å². The number of rotatable bonds is 4. The van der Waals surface area contributed by atoms with E-state index in [2.05, 4.69) is 9.93 Å². The highest BCUT2D eigenvalue weighted by atomic mass is 32.2. The summed E-state index contributed by atoms with van der Waals surface area (Å²) in [5, 5.41) is 4.13. The number of benzene rings is 2. The summed E-state index contributed by atoms with van der Waals surface area (Å²) in [7, 11) is -2.43. The van der Waals surface area contributed by atoms with Crippen molar-refractivity contribution in [3.8, 4) is 0 Å². The van der Waals surface area contributed by atoms with E-state index in [1.165, 1.54) is 19.2 Å². The van der Waals surface area contributed by atoms with Gasteiger partial charge in [-0.3, -0.25) is 4.79 Å². The average Bonchev–Trinajstić information content (AvgIpc) is 2.65. The molecule has 0 spiro atoms. The summed E-state index contributed by atoms with van der Waals surface area (Å²) >= 11 is 0. The predicted octanol–water partition coefficient (Wildman–Crippen LogP) is 2.41. The lowest BCUT2D eigenvalue weighted by Gasteiger charge is -2.24. The molecule has 0 aliphatic heterocycles. The Balaban J connectivity index is 1.91. The summed E-state index contributed by atoms with van der Waals surface area (Å²) in [6.45, 7) is 1.88. The molecule has 0 radical (unpaired) electrons. The fraction of sp³-hybridized carbons (Fsp3) is 0.263. The molecule has 3 rings (SSSR count).